The number of hydrogen-bond acceptors (Lipinski definition) is 4. The third-order valence-electron chi connectivity index (χ3n) is 8.31. The number of amides is 3. The molecule has 3 aromatic rings. The number of nitrogens with one attached hydrogen (secondary N) is 2. The highest BCUT2D eigenvalue weighted by Crippen LogP contribution is 2.41. The van der Waals surface area contributed by atoms with Crippen LogP contribution in [0.15, 0.2) is 54.6 Å². The summed E-state index contributed by atoms with van der Waals surface area (Å²) in [6.45, 7) is 1.27. The first-order chi connectivity index (χ1) is 20.2. The molecule has 3 fully saturated rings. The number of allylic oxidation sites excluding steroid dienone is 1. The summed E-state index contributed by atoms with van der Waals surface area (Å²) in [6.07, 6.45) is 7.76. The van der Waals surface area contributed by atoms with Crippen molar-refractivity contribution in [3.63, 3.8) is 0 Å². The minimum atomic E-state index is -1.34. The van der Waals surface area contributed by atoms with Gasteiger partial charge >= 0.3 is 0 Å². The van der Waals surface area contributed by atoms with E-state index in [0.717, 1.165) is 11.1 Å². The molecule has 1 aromatic heterocycles. The van der Waals surface area contributed by atoms with E-state index in [0.29, 0.717) is 22.7 Å². The Morgan fingerprint density at radius 3 is 2.64 bits per heavy atom. The molecule has 9 heteroatoms. The van der Waals surface area contributed by atoms with Crippen molar-refractivity contribution in [3.8, 4) is 0 Å². The van der Waals surface area contributed by atoms with Crippen LogP contribution in [0, 0.1) is 11.7 Å². The van der Waals surface area contributed by atoms with E-state index in [-0.39, 0.29) is 24.7 Å². The van der Waals surface area contributed by atoms with Crippen LogP contribution in [0.1, 0.15) is 78.2 Å². The van der Waals surface area contributed by atoms with Crippen molar-refractivity contribution in [2.45, 2.75) is 63.2 Å². The third kappa shape index (κ3) is 6.35. The lowest BCUT2D eigenvalue weighted by Crippen LogP contribution is -2.49. The molecule has 3 amide bonds. The SMILES string of the molecule is C[C@H](NC(=O)[C@@H]1C[C@@H](F)CN1C(=O)CNC(=O)c1ccc2cc(F)ccc2n1)c1ccc(C2CC2)cc1/C=C/C1CC1. The molecule has 218 valence electrons. The normalized spacial score (nSPS) is 21.1. The van der Waals surface area contributed by atoms with Crippen LogP contribution in [0.2, 0.25) is 0 Å². The van der Waals surface area contributed by atoms with E-state index in [4.69, 9.17) is 0 Å². The Morgan fingerprint density at radius 2 is 1.88 bits per heavy atom. The lowest BCUT2D eigenvalue weighted by molar-refractivity contribution is -0.138. The number of benzene rings is 2. The van der Waals surface area contributed by atoms with Gasteiger partial charge < -0.3 is 15.5 Å². The average molecular weight is 573 g/mol. The molecule has 0 radical (unpaired) electrons. The number of likely N-dealkylation sites (tertiary alicyclic amines) is 1. The van der Waals surface area contributed by atoms with Gasteiger partial charge in [0.2, 0.25) is 11.8 Å². The van der Waals surface area contributed by atoms with Crippen molar-refractivity contribution in [2.24, 2.45) is 5.92 Å². The van der Waals surface area contributed by atoms with Crippen molar-refractivity contribution >= 4 is 34.7 Å². The van der Waals surface area contributed by atoms with Gasteiger partial charge in [0, 0.05) is 11.8 Å². The summed E-state index contributed by atoms with van der Waals surface area (Å²) in [5.41, 5.74) is 3.88. The lowest BCUT2D eigenvalue weighted by Gasteiger charge is -2.26. The minimum Gasteiger partial charge on any atom is -0.348 e. The molecule has 42 heavy (non-hydrogen) atoms. The van der Waals surface area contributed by atoms with Crippen LogP contribution in [-0.4, -0.2) is 52.9 Å². The van der Waals surface area contributed by atoms with Gasteiger partial charge in [0.15, 0.2) is 0 Å². The van der Waals surface area contributed by atoms with E-state index in [1.165, 1.54) is 60.4 Å². The second kappa shape index (κ2) is 11.6. The summed E-state index contributed by atoms with van der Waals surface area (Å²) < 4.78 is 27.9. The zero-order valence-electron chi connectivity index (χ0n) is 23.5. The second-order valence-electron chi connectivity index (χ2n) is 11.7. The number of halogens is 2. The lowest BCUT2D eigenvalue weighted by atomic mass is 9.96. The zero-order valence-corrected chi connectivity index (χ0v) is 23.5. The van der Waals surface area contributed by atoms with E-state index < -0.39 is 42.3 Å². The summed E-state index contributed by atoms with van der Waals surface area (Å²) in [5, 5.41) is 6.07. The van der Waals surface area contributed by atoms with E-state index in [1.54, 1.807) is 6.07 Å². The molecule has 2 aliphatic carbocycles. The Bertz CT molecular complexity index is 1570. The Hall–Kier alpha value is -4.14. The predicted octanol–water partition coefficient (Wildman–Crippen LogP) is 5.22. The first-order valence-corrected chi connectivity index (χ1v) is 14.7. The average Bonchev–Trinajstić information content (AvgIpc) is 3.92. The van der Waals surface area contributed by atoms with Crippen LogP contribution < -0.4 is 10.6 Å². The Morgan fingerprint density at radius 1 is 1.07 bits per heavy atom. The van der Waals surface area contributed by atoms with Crippen LogP contribution in [-0.2, 0) is 9.59 Å². The van der Waals surface area contributed by atoms with E-state index in [2.05, 4.69) is 46.0 Å². The van der Waals surface area contributed by atoms with Crippen molar-refractivity contribution in [1.29, 1.82) is 0 Å². The number of carbonyl (C=O) groups is 3. The molecule has 2 saturated carbocycles. The molecule has 3 aliphatic rings. The van der Waals surface area contributed by atoms with Gasteiger partial charge in [-0.3, -0.25) is 14.4 Å². The maximum absolute atomic E-state index is 14.5. The number of rotatable bonds is 9. The molecule has 0 spiro atoms. The van der Waals surface area contributed by atoms with Crippen molar-refractivity contribution in [1.82, 2.24) is 20.5 Å². The van der Waals surface area contributed by atoms with Gasteiger partial charge in [-0.05, 0) is 85.4 Å². The third-order valence-corrected chi connectivity index (χ3v) is 8.31. The molecule has 0 unspecified atom stereocenters. The fourth-order valence-electron chi connectivity index (χ4n) is 5.60. The smallest absolute Gasteiger partial charge is 0.270 e. The largest absolute Gasteiger partial charge is 0.348 e. The van der Waals surface area contributed by atoms with E-state index in [9.17, 15) is 23.2 Å². The van der Waals surface area contributed by atoms with Crippen LogP contribution in [0.25, 0.3) is 17.0 Å². The van der Waals surface area contributed by atoms with Crippen molar-refractivity contribution in [2.75, 3.05) is 13.1 Å². The molecule has 2 aromatic carbocycles. The molecule has 3 atom stereocenters. The number of alkyl halides is 1. The fourth-order valence-corrected chi connectivity index (χ4v) is 5.60. The van der Waals surface area contributed by atoms with Gasteiger partial charge in [-0.2, -0.15) is 0 Å². The zero-order chi connectivity index (χ0) is 29.4. The second-order valence-corrected chi connectivity index (χ2v) is 11.7. The predicted molar refractivity (Wildman–Crippen MR) is 156 cm³/mol. The van der Waals surface area contributed by atoms with Crippen LogP contribution in [0.4, 0.5) is 8.78 Å². The molecule has 1 aliphatic heterocycles. The Balaban J connectivity index is 1.10. The van der Waals surface area contributed by atoms with Crippen LogP contribution in [0.5, 0.6) is 0 Å². The standard InChI is InChI=1S/C33H34F2N4O3/c1-19(27-11-8-22(21-6-7-21)14-23(27)5-4-20-2-3-20)37-33(42)30-16-26(35)18-39(30)31(40)17-36-32(41)29-12-9-24-15-25(34)10-13-28(24)38-29/h4-5,8-15,19-21,26,30H,2-3,6-7,16-18H2,1H3,(H,36,41)(H,37,42)/b5-4+/t19-,26+,30-/m0/s1. The highest BCUT2D eigenvalue weighted by atomic mass is 19.1. The number of nitrogens with zero attached hydrogens (tertiary/aromatic N) is 2. The first kappa shape index (κ1) is 28.0. The first-order valence-electron chi connectivity index (χ1n) is 14.7. The topological polar surface area (TPSA) is 91.4 Å². The molecule has 6 rings (SSSR count). The number of fused-ring (bicyclic) bond motifs is 1. The number of pyridine rings is 1. The molecule has 0 bridgehead atoms. The molecular weight excluding hydrogens is 538 g/mol. The number of aromatic nitrogens is 1. The van der Waals surface area contributed by atoms with Gasteiger partial charge in [0.1, 0.15) is 23.7 Å². The Kier molecular flexibility index (Phi) is 7.75. The van der Waals surface area contributed by atoms with Crippen LogP contribution in [0.3, 0.4) is 0 Å². The summed E-state index contributed by atoms with van der Waals surface area (Å²) in [5.74, 6) is -0.751. The van der Waals surface area contributed by atoms with Gasteiger partial charge in [-0.15, -0.1) is 0 Å². The molecule has 2 N–H and O–H groups in total. The van der Waals surface area contributed by atoms with E-state index in [1.807, 2.05) is 6.92 Å². The summed E-state index contributed by atoms with van der Waals surface area (Å²) in [4.78, 5) is 44.5. The fraction of sp³-hybridized carbons (Fsp3) is 0.394. The minimum absolute atomic E-state index is 0.0639. The Labute approximate surface area is 243 Å². The maximum Gasteiger partial charge on any atom is 0.270 e. The van der Waals surface area contributed by atoms with Gasteiger partial charge in [-0.1, -0.05) is 36.4 Å². The highest BCUT2D eigenvalue weighted by molar-refractivity contribution is 5.97. The van der Waals surface area contributed by atoms with Gasteiger partial charge in [0.05, 0.1) is 24.6 Å². The number of carbonyl (C=O) groups excluding carboxylic acids is 3. The quantitative estimate of drug-likeness (QED) is 0.368. The molecule has 1 saturated heterocycles. The monoisotopic (exact) mass is 572 g/mol. The van der Waals surface area contributed by atoms with Crippen LogP contribution >= 0.6 is 0 Å². The van der Waals surface area contributed by atoms with Crippen molar-refractivity contribution in [3.05, 3.63) is 82.8 Å². The summed E-state index contributed by atoms with van der Waals surface area (Å²) in [7, 11) is 0. The van der Waals surface area contributed by atoms with Crippen molar-refractivity contribution < 1.29 is 23.2 Å². The molecule has 7 nitrogen and oxygen atoms in total. The van der Waals surface area contributed by atoms with Gasteiger partial charge in [-0.25, -0.2) is 13.8 Å². The molecular formula is C33H34F2N4O3. The number of hydrogen-bond donors (Lipinski definition) is 2. The highest BCUT2D eigenvalue weighted by Gasteiger charge is 2.40. The summed E-state index contributed by atoms with van der Waals surface area (Å²) in [6, 6.07) is 12.1. The molecule has 2 heterocycles. The van der Waals surface area contributed by atoms with Gasteiger partial charge in [0.25, 0.3) is 5.91 Å². The maximum atomic E-state index is 14.5. The summed E-state index contributed by atoms with van der Waals surface area (Å²) >= 11 is 0. The van der Waals surface area contributed by atoms with E-state index >= 15 is 0 Å².